The Hall–Kier alpha value is -0.430. The van der Waals surface area contributed by atoms with Crippen LogP contribution in [0.5, 0.6) is 0 Å². The summed E-state index contributed by atoms with van der Waals surface area (Å²) in [6.07, 6.45) is 5.74. The van der Waals surface area contributed by atoms with Crippen LogP contribution in [0, 0.1) is 17.8 Å². The van der Waals surface area contributed by atoms with Crippen LogP contribution < -0.4 is 0 Å². The molecule has 1 aliphatic rings. The topological polar surface area (TPSA) is 20.2 Å². The van der Waals surface area contributed by atoms with Crippen molar-refractivity contribution in [2.75, 3.05) is 12.4 Å². The van der Waals surface area contributed by atoms with Crippen molar-refractivity contribution in [2.24, 2.45) is 5.92 Å². The Labute approximate surface area is 112 Å². The number of aliphatic hydroxyl groups excluding tert-OH is 1. The standard InChI is InChI=1S/C14H18OS2/c15-9-3-6-13-7-8-14(17-13)11-16-10-12-4-1-2-5-12/h7-8,12,15H,1-2,4-5,9-11H2. The number of thiophene rings is 1. The van der Waals surface area contributed by atoms with Crippen LogP contribution in [0.2, 0.25) is 0 Å². The zero-order chi connectivity index (χ0) is 11.9. The average molecular weight is 266 g/mol. The number of rotatable bonds is 4. The molecule has 0 unspecified atom stereocenters. The monoisotopic (exact) mass is 266 g/mol. The molecule has 0 spiro atoms. The third-order valence-corrected chi connectivity index (χ3v) is 5.43. The van der Waals surface area contributed by atoms with Crippen molar-refractivity contribution in [3.8, 4) is 11.8 Å². The Morgan fingerprint density at radius 1 is 1.35 bits per heavy atom. The maximum absolute atomic E-state index is 8.62. The summed E-state index contributed by atoms with van der Waals surface area (Å²) in [5.41, 5.74) is 0. The fraction of sp³-hybridized carbons (Fsp3) is 0.571. The molecule has 92 valence electrons. The summed E-state index contributed by atoms with van der Waals surface area (Å²) in [5.74, 6) is 9.04. The first-order chi connectivity index (χ1) is 8.38. The van der Waals surface area contributed by atoms with Crippen LogP contribution in [0.1, 0.15) is 35.4 Å². The van der Waals surface area contributed by atoms with Gasteiger partial charge in [0, 0.05) is 10.6 Å². The molecule has 1 saturated carbocycles. The molecule has 0 aromatic carbocycles. The van der Waals surface area contributed by atoms with E-state index in [2.05, 4.69) is 35.7 Å². The van der Waals surface area contributed by atoms with E-state index in [1.54, 1.807) is 11.3 Å². The molecule has 17 heavy (non-hydrogen) atoms. The van der Waals surface area contributed by atoms with E-state index < -0.39 is 0 Å². The van der Waals surface area contributed by atoms with Crippen molar-refractivity contribution in [1.29, 1.82) is 0 Å². The maximum Gasteiger partial charge on any atom is 0.104 e. The van der Waals surface area contributed by atoms with Crippen molar-refractivity contribution in [1.82, 2.24) is 0 Å². The number of hydrogen-bond acceptors (Lipinski definition) is 3. The fourth-order valence-corrected chi connectivity index (χ4v) is 4.40. The molecule has 0 amide bonds. The lowest BCUT2D eigenvalue weighted by Gasteiger charge is -2.06. The Morgan fingerprint density at radius 2 is 2.18 bits per heavy atom. The predicted molar refractivity (Wildman–Crippen MR) is 76.4 cm³/mol. The summed E-state index contributed by atoms with van der Waals surface area (Å²) in [6.45, 7) is -0.0519. The van der Waals surface area contributed by atoms with E-state index in [-0.39, 0.29) is 6.61 Å². The van der Waals surface area contributed by atoms with Gasteiger partial charge < -0.3 is 5.11 Å². The molecule has 1 heterocycles. The van der Waals surface area contributed by atoms with Crippen LogP contribution in [0.4, 0.5) is 0 Å². The normalized spacial score (nSPS) is 15.8. The van der Waals surface area contributed by atoms with E-state index in [9.17, 15) is 0 Å². The highest BCUT2D eigenvalue weighted by atomic mass is 32.2. The molecule has 3 heteroatoms. The summed E-state index contributed by atoms with van der Waals surface area (Å²) >= 11 is 3.80. The lowest BCUT2D eigenvalue weighted by atomic mass is 10.1. The van der Waals surface area contributed by atoms with Crippen LogP contribution in [0.3, 0.4) is 0 Å². The van der Waals surface area contributed by atoms with Crippen LogP contribution in [0.15, 0.2) is 12.1 Å². The Bertz CT molecular complexity index is 394. The lowest BCUT2D eigenvalue weighted by molar-refractivity contribution is 0.350. The lowest BCUT2D eigenvalue weighted by Crippen LogP contribution is -1.96. The fourth-order valence-electron chi connectivity index (χ4n) is 2.15. The number of thioether (sulfide) groups is 1. The quantitative estimate of drug-likeness (QED) is 0.842. The van der Waals surface area contributed by atoms with E-state index in [0.29, 0.717) is 0 Å². The third kappa shape index (κ3) is 4.39. The minimum atomic E-state index is -0.0519. The predicted octanol–water partition coefficient (Wildman–Crippen LogP) is 3.52. The van der Waals surface area contributed by atoms with Crippen LogP contribution in [-0.2, 0) is 5.75 Å². The van der Waals surface area contributed by atoms with Gasteiger partial charge in [0.25, 0.3) is 0 Å². The van der Waals surface area contributed by atoms with Gasteiger partial charge in [0.1, 0.15) is 6.61 Å². The molecule has 1 N–H and O–H groups in total. The molecule has 2 rings (SSSR count). The van der Waals surface area contributed by atoms with Gasteiger partial charge in [0.05, 0.1) is 4.88 Å². The van der Waals surface area contributed by atoms with Gasteiger partial charge >= 0.3 is 0 Å². The van der Waals surface area contributed by atoms with Crippen molar-refractivity contribution >= 4 is 23.1 Å². The molecule has 0 bridgehead atoms. The van der Waals surface area contributed by atoms with E-state index in [4.69, 9.17) is 5.11 Å². The van der Waals surface area contributed by atoms with E-state index >= 15 is 0 Å². The zero-order valence-electron chi connectivity index (χ0n) is 9.95. The molecule has 1 fully saturated rings. The third-order valence-electron chi connectivity index (χ3n) is 3.02. The molecule has 1 aromatic rings. The van der Waals surface area contributed by atoms with Gasteiger partial charge in [0.2, 0.25) is 0 Å². The SMILES string of the molecule is OCC#Cc1ccc(CSCC2CCCC2)s1. The van der Waals surface area contributed by atoms with Gasteiger partial charge in [0.15, 0.2) is 0 Å². The summed E-state index contributed by atoms with van der Waals surface area (Å²) in [4.78, 5) is 2.46. The van der Waals surface area contributed by atoms with Gasteiger partial charge in [-0.15, -0.1) is 11.3 Å². The largest absolute Gasteiger partial charge is 0.384 e. The van der Waals surface area contributed by atoms with Crippen molar-refractivity contribution < 1.29 is 5.11 Å². The highest BCUT2D eigenvalue weighted by Crippen LogP contribution is 2.30. The minimum absolute atomic E-state index is 0.0519. The summed E-state index contributed by atoms with van der Waals surface area (Å²) < 4.78 is 0. The minimum Gasteiger partial charge on any atom is -0.384 e. The summed E-state index contributed by atoms with van der Waals surface area (Å²) in [6, 6.07) is 4.21. The molecule has 0 radical (unpaired) electrons. The van der Waals surface area contributed by atoms with Crippen LogP contribution in [0.25, 0.3) is 0 Å². The molecule has 1 nitrogen and oxygen atoms in total. The first kappa shape index (κ1) is 13.0. The second kappa shape index (κ2) is 7.10. The van der Waals surface area contributed by atoms with Crippen molar-refractivity contribution in [3.05, 3.63) is 21.9 Å². The highest BCUT2D eigenvalue weighted by Gasteiger charge is 2.14. The van der Waals surface area contributed by atoms with Gasteiger partial charge in [-0.2, -0.15) is 11.8 Å². The Kier molecular flexibility index (Phi) is 5.44. The van der Waals surface area contributed by atoms with Crippen LogP contribution >= 0.6 is 23.1 Å². The average Bonchev–Trinajstić information content (AvgIpc) is 2.98. The second-order valence-electron chi connectivity index (χ2n) is 4.39. The van der Waals surface area contributed by atoms with Crippen molar-refractivity contribution in [2.45, 2.75) is 31.4 Å². The molecular formula is C14H18OS2. The molecule has 0 atom stereocenters. The molecule has 0 saturated heterocycles. The molecule has 1 aliphatic carbocycles. The number of aliphatic hydroxyl groups is 1. The number of hydrogen-bond donors (Lipinski definition) is 1. The highest BCUT2D eigenvalue weighted by molar-refractivity contribution is 7.98. The van der Waals surface area contributed by atoms with E-state index in [1.165, 1.54) is 36.3 Å². The molecule has 0 aliphatic heterocycles. The van der Waals surface area contributed by atoms with Gasteiger partial charge in [-0.1, -0.05) is 24.7 Å². The first-order valence-electron chi connectivity index (χ1n) is 6.14. The van der Waals surface area contributed by atoms with Crippen LogP contribution in [-0.4, -0.2) is 17.5 Å². The first-order valence-corrected chi connectivity index (χ1v) is 8.12. The summed E-state index contributed by atoms with van der Waals surface area (Å²) in [5, 5.41) is 8.62. The van der Waals surface area contributed by atoms with Gasteiger partial charge in [-0.3, -0.25) is 0 Å². The Balaban J connectivity index is 1.73. The van der Waals surface area contributed by atoms with Gasteiger partial charge in [-0.25, -0.2) is 0 Å². The second-order valence-corrected chi connectivity index (χ2v) is 6.59. The molecular weight excluding hydrogens is 248 g/mol. The smallest absolute Gasteiger partial charge is 0.104 e. The molecule has 1 aromatic heterocycles. The zero-order valence-corrected chi connectivity index (χ0v) is 11.6. The Morgan fingerprint density at radius 3 is 2.94 bits per heavy atom. The van der Waals surface area contributed by atoms with Crippen molar-refractivity contribution in [3.63, 3.8) is 0 Å². The summed E-state index contributed by atoms with van der Waals surface area (Å²) in [7, 11) is 0. The maximum atomic E-state index is 8.62. The van der Waals surface area contributed by atoms with Gasteiger partial charge in [-0.05, 0) is 36.6 Å². The van der Waals surface area contributed by atoms with E-state index in [1.807, 2.05) is 0 Å². The van der Waals surface area contributed by atoms with E-state index in [0.717, 1.165) is 16.5 Å².